The number of benzene rings is 1. The van der Waals surface area contributed by atoms with Crippen LogP contribution in [0.5, 0.6) is 0 Å². The fourth-order valence-corrected chi connectivity index (χ4v) is 5.17. The van der Waals surface area contributed by atoms with Gasteiger partial charge in [0.15, 0.2) is 5.76 Å². The number of hydrogen-bond acceptors (Lipinski definition) is 3. The summed E-state index contributed by atoms with van der Waals surface area (Å²) in [7, 11) is 0. The molecule has 0 spiro atoms. The molecular formula is C26H35NO3. The molecule has 4 rings (SSSR count). The number of aryl methyl sites for hydroxylation is 1. The first-order valence-electron chi connectivity index (χ1n) is 11.3. The first-order valence-corrected chi connectivity index (χ1v) is 11.3. The molecule has 2 aromatic rings. The zero-order valence-electron chi connectivity index (χ0n) is 19.0. The second-order valence-corrected chi connectivity index (χ2v) is 10.5. The van der Waals surface area contributed by atoms with Crippen LogP contribution in [0.1, 0.15) is 91.9 Å². The number of rotatable bonds is 4. The molecule has 1 aliphatic carbocycles. The topological polar surface area (TPSA) is 53.7 Å². The quantitative estimate of drug-likeness (QED) is 0.762. The normalized spacial score (nSPS) is 22.2. The average Bonchev–Trinajstić information content (AvgIpc) is 3.35. The molecule has 1 atom stereocenters. The van der Waals surface area contributed by atoms with E-state index in [9.17, 15) is 9.90 Å². The molecule has 1 saturated heterocycles. The van der Waals surface area contributed by atoms with Gasteiger partial charge in [0.05, 0.1) is 12.6 Å². The summed E-state index contributed by atoms with van der Waals surface area (Å²) in [6.07, 6.45) is 4.88. The number of nitrogens with zero attached hydrogens (tertiary/aromatic N) is 1. The Bertz CT molecular complexity index is 953. The summed E-state index contributed by atoms with van der Waals surface area (Å²) in [5, 5.41) is 9.51. The van der Waals surface area contributed by atoms with Crippen LogP contribution in [0.4, 0.5) is 0 Å². The maximum atomic E-state index is 12.8. The van der Waals surface area contributed by atoms with Crippen LogP contribution >= 0.6 is 0 Å². The largest absolute Gasteiger partial charge is 0.456 e. The molecule has 0 unspecified atom stereocenters. The molecule has 2 aliphatic rings. The maximum absolute atomic E-state index is 12.8. The Hall–Kier alpha value is -2.07. The summed E-state index contributed by atoms with van der Waals surface area (Å²) >= 11 is 0. The highest BCUT2D eigenvalue weighted by atomic mass is 16.4. The Morgan fingerprint density at radius 1 is 1.13 bits per heavy atom. The van der Waals surface area contributed by atoms with Crippen molar-refractivity contribution < 1.29 is 14.3 Å². The van der Waals surface area contributed by atoms with E-state index < -0.39 is 0 Å². The standard InChI is InChI=1S/C26H35NO3/c1-17-13-21-22(26(4,5)11-10-25(21,2)3)15-18(17)14-20-8-9-23(30-20)24(29)27-12-6-7-19(27)16-28/h8-9,13,15,19,28H,6-7,10-12,14,16H2,1-5H3/t19-/m0/s1. The average molecular weight is 410 g/mol. The molecule has 0 saturated carbocycles. The van der Waals surface area contributed by atoms with Crippen LogP contribution in [0.15, 0.2) is 28.7 Å². The Kier molecular flexibility index (Phi) is 5.34. The van der Waals surface area contributed by atoms with E-state index in [0.29, 0.717) is 18.7 Å². The first kappa shape index (κ1) is 21.2. The molecule has 1 amide bonds. The van der Waals surface area contributed by atoms with E-state index in [1.54, 1.807) is 11.0 Å². The van der Waals surface area contributed by atoms with Gasteiger partial charge in [-0.2, -0.15) is 0 Å². The van der Waals surface area contributed by atoms with Crippen LogP contribution in [0.2, 0.25) is 0 Å². The van der Waals surface area contributed by atoms with Gasteiger partial charge in [0.1, 0.15) is 5.76 Å². The van der Waals surface area contributed by atoms with Crippen LogP contribution in [-0.2, 0) is 17.3 Å². The highest BCUT2D eigenvalue weighted by Crippen LogP contribution is 2.46. The molecule has 4 nitrogen and oxygen atoms in total. The second kappa shape index (κ2) is 7.56. The van der Waals surface area contributed by atoms with Gasteiger partial charge < -0.3 is 14.4 Å². The number of aliphatic hydroxyl groups is 1. The molecule has 0 bridgehead atoms. The number of hydrogen-bond donors (Lipinski definition) is 1. The third-order valence-electron chi connectivity index (χ3n) is 7.40. The van der Waals surface area contributed by atoms with Crippen LogP contribution < -0.4 is 0 Å². The maximum Gasteiger partial charge on any atom is 0.289 e. The molecule has 1 aromatic carbocycles. The van der Waals surface area contributed by atoms with Crippen molar-refractivity contribution in [2.75, 3.05) is 13.2 Å². The molecule has 1 aromatic heterocycles. The van der Waals surface area contributed by atoms with Crippen molar-refractivity contribution in [1.82, 2.24) is 4.90 Å². The van der Waals surface area contributed by atoms with Gasteiger partial charge in [-0.25, -0.2) is 0 Å². The third kappa shape index (κ3) is 3.71. The van der Waals surface area contributed by atoms with Gasteiger partial charge in [-0.15, -0.1) is 0 Å². The van der Waals surface area contributed by atoms with Crippen molar-refractivity contribution in [2.24, 2.45) is 0 Å². The number of furan rings is 1. The number of aliphatic hydroxyl groups excluding tert-OH is 1. The molecule has 1 N–H and O–H groups in total. The summed E-state index contributed by atoms with van der Waals surface area (Å²) in [5.74, 6) is 1.08. The number of carbonyl (C=O) groups is 1. The Morgan fingerprint density at radius 3 is 2.47 bits per heavy atom. The van der Waals surface area contributed by atoms with Gasteiger partial charge in [-0.1, -0.05) is 39.8 Å². The monoisotopic (exact) mass is 409 g/mol. The fraction of sp³-hybridized carbons (Fsp3) is 0.577. The lowest BCUT2D eigenvalue weighted by Gasteiger charge is -2.42. The van der Waals surface area contributed by atoms with Crippen LogP contribution in [-0.4, -0.2) is 35.1 Å². The van der Waals surface area contributed by atoms with E-state index in [-0.39, 0.29) is 29.4 Å². The van der Waals surface area contributed by atoms with Crippen LogP contribution in [0, 0.1) is 6.92 Å². The van der Waals surface area contributed by atoms with E-state index >= 15 is 0 Å². The zero-order valence-corrected chi connectivity index (χ0v) is 19.0. The van der Waals surface area contributed by atoms with E-state index in [1.807, 2.05) is 6.07 Å². The van der Waals surface area contributed by atoms with Gasteiger partial charge >= 0.3 is 0 Å². The van der Waals surface area contributed by atoms with Crippen molar-refractivity contribution in [3.63, 3.8) is 0 Å². The van der Waals surface area contributed by atoms with E-state index in [1.165, 1.54) is 35.1 Å². The van der Waals surface area contributed by atoms with Gasteiger partial charge in [-0.05, 0) is 77.8 Å². The number of likely N-dealkylation sites (tertiary alicyclic amines) is 1. The zero-order chi connectivity index (χ0) is 21.7. The molecule has 2 heterocycles. The molecule has 162 valence electrons. The highest BCUT2D eigenvalue weighted by Gasteiger charge is 2.37. The fourth-order valence-electron chi connectivity index (χ4n) is 5.17. The second-order valence-electron chi connectivity index (χ2n) is 10.5. The smallest absolute Gasteiger partial charge is 0.289 e. The molecule has 30 heavy (non-hydrogen) atoms. The summed E-state index contributed by atoms with van der Waals surface area (Å²) in [6.45, 7) is 12.3. The minimum absolute atomic E-state index is 0.0137. The number of fused-ring (bicyclic) bond motifs is 1. The van der Waals surface area contributed by atoms with Crippen LogP contribution in [0.3, 0.4) is 0 Å². The summed E-state index contributed by atoms with van der Waals surface area (Å²) in [5.41, 5.74) is 5.85. The van der Waals surface area contributed by atoms with Crippen molar-refractivity contribution in [2.45, 2.75) is 83.6 Å². The minimum Gasteiger partial charge on any atom is -0.456 e. The summed E-state index contributed by atoms with van der Waals surface area (Å²) in [6, 6.07) is 8.37. The van der Waals surface area contributed by atoms with Crippen molar-refractivity contribution >= 4 is 5.91 Å². The lowest BCUT2D eigenvalue weighted by Crippen LogP contribution is -2.37. The van der Waals surface area contributed by atoms with Crippen molar-refractivity contribution in [3.05, 3.63) is 58.0 Å². The van der Waals surface area contributed by atoms with Gasteiger partial charge in [0, 0.05) is 13.0 Å². The number of carbonyl (C=O) groups excluding carboxylic acids is 1. The molecule has 1 fully saturated rings. The van der Waals surface area contributed by atoms with E-state index in [4.69, 9.17) is 4.42 Å². The van der Waals surface area contributed by atoms with E-state index in [0.717, 1.165) is 18.6 Å². The van der Waals surface area contributed by atoms with Gasteiger partial charge in [0.2, 0.25) is 0 Å². The van der Waals surface area contributed by atoms with Crippen molar-refractivity contribution in [1.29, 1.82) is 0 Å². The Labute approximate surface area is 180 Å². The Morgan fingerprint density at radius 2 is 1.80 bits per heavy atom. The predicted octanol–water partition coefficient (Wildman–Crippen LogP) is 5.12. The lowest BCUT2D eigenvalue weighted by atomic mass is 9.62. The molecule has 1 aliphatic heterocycles. The molecule has 4 heteroatoms. The predicted molar refractivity (Wildman–Crippen MR) is 119 cm³/mol. The van der Waals surface area contributed by atoms with Crippen molar-refractivity contribution in [3.8, 4) is 0 Å². The highest BCUT2D eigenvalue weighted by molar-refractivity contribution is 5.92. The summed E-state index contributed by atoms with van der Waals surface area (Å²) < 4.78 is 5.97. The summed E-state index contributed by atoms with van der Waals surface area (Å²) in [4.78, 5) is 14.6. The molecular weight excluding hydrogens is 374 g/mol. The van der Waals surface area contributed by atoms with Crippen LogP contribution in [0.25, 0.3) is 0 Å². The minimum atomic E-state index is -0.108. The lowest BCUT2D eigenvalue weighted by molar-refractivity contribution is 0.0644. The Balaban J connectivity index is 1.59. The van der Waals surface area contributed by atoms with E-state index in [2.05, 4.69) is 46.8 Å². The SMILES string of the molecule is Cc1cc2c(cc1Cc1ccc(C(=O)N3CCC[C@H]3CO)o1)C(C)(C)CCC2(C)C. The number of amides is 1. The third-order valence-corrected chi connectivity index (χ3v) is 7.40. The first-order chi connectivity index (χ1) is 14.1. The van der Waals surface area contributed by atoms with Gasteiger partial charge in [0.25, 0.3) is 5.91 Å². The molecule has 0 radical (unpaired) electrons. The van der Waals surface area contributed by atoms with Gasteiger partial charge in [-0.3, -0.25) is 4.79 Å².